The molecule has 0 fully saturated rings. The number of methoxy groups -OCH3 is 1. The number of fused-ring (bicyclic) bond motifs is 2. The average molecular weight is 508 g/mol. The topological polar surface area (TPSA) is 119 Å². The van der Waals surface area contributed by atoms with Crippen LogP contribution in [0.5, 0.6) is 5.75 Å². The van der Waals surface area contributed by atoms with E-state index in [1.54, 1.807) is 20.1 Å². The highest BCUT2D eigenvalue weighted by molar-refractivity contribution is 6.03. The van der Waals surface area contributed by atoms with E-state index in [2.05, 4.69) is 5.32 Å². The number of nitrogens with one attached hydrogen (secondary N) is 1. The molecule has 36 heavy (non-hydrogen) atoms. The lowest BCUT2D eigenvalue weighted by Gasteiger charge is -2.29. The van der Waals surface area contributed by atoms with Crippen LogP contribution in [0, 0.1) is 29.5 Å². The van der Waals surface area contributed by atoms with E-state index in [0.29, 0.717) is 24.8 Å². The second-order valence-electron chi connectivity index (χ2n) is 10.2. The molecule has 0 saturated carbocycles. The van der Waals surface area contributed by atoms with Gasteiger partial charge in [-0.15, -0.1) is 0 Å². The smallest absolute Gasteiger partial charge is 0.251 e. The summed E-state index contributed by atoms with van der Waals surface area (Å²) in [4.78, 5) is 12.7. The number of benzene rings is 1. The lowest BCUT2D eigenvalue weighted by atomic mass is 9.82. The van der Waals surface area contributed by atoms with Crippen LogP contribution in [-0.4, -0.2) is 58.9 Å². The molecule has 8 heteroatoms. The zero-order valence-corrected chi connectivity index (χ0v) is 22.0. The molecule has 0 spiro atoms. The predicted octanol–water partition coefficient (Wildman–Crippen LogP) is 3.95. The first kappa shape index (κ1) is 30.0. The van der Waals surface area contributed by atoms with E-state index in [0.717, 1.165) is 5.57 Å². The van der Waals surface area contributed by atoms with Crippen LogP contribution in [0.4, 0.5) is 10.1 Å². The number of hydrogen-bond acceptors (Lipinski definition) is 6. The molecule has 6 atom stereocenters. The fourth-order valence-corrected chi connectivity index (χ4v) is 5.16. The van der Waals surface area contributed by atoms with Crippen LogP contribution in [0.2, 0.25) is 0 Å². The van der Waals surface area contributed by atoms with Crippen molar-refractivity contribution in [2.75, 3.05) is 25.6 Å². The zero-order valence-electron chi connectivity index (χ0n) is 22.0. The third kappa shape index (κ3) is 7.87. The third-order valence-electron chi connectivity index (χ3n) is 7.15. The zero-order chi connectivity index (χ0) is 27.0. The second kappa shape index (κ2) is 13.9. The summed E-state index contributed by atoms with van der Waals surface area (Å²) in [5.41, 5.74) is 1.41. The molecule has 0 aromatic heterocycles. The van der Waals surface area contributed by atoms with Gasteiger partial charge in [0, 0.05) is 49.7 Å². The maximum absolute atomic E-state index is 15.2. The molecule has 0 unspecified atom stereocenters. The Morgan fingerprint density at radius 1 is 1.14 bits per heavy atom. The van der Waals surface area contributed by atoms with Crippen molar-refractivity contribution in [3.63, 3.8) is 0 Å². The molecule has 0 aliphatic carbocycles. The summed E-state index contributed by atoms with van der Waals surface area (Å²) >= 11 is 0. The number of carbonyl (C=O) groups excluding carboxylic acids is 1. The van der Waals surface area contributed by atoms with E-state index in [9.17, 15) is 25.2 Å². The normalized spacial score (nSPS) is 32.2. The number of amides is 1. The first-order chi connectivity index (χ1) is 17.0. The summed E-state index contributed by atoms with van der Waals surface area (Å²) in [7, 11) is 1.58. The third-order valence-corrected chi connectivity index (χ3v) is 7.15. The molecule has 1 aliphatic heterocycles. The highest BCUT2D eigenvalue weighted by Gasteiger charge is 2.28. The van der Waals surface area contributed by atoms with Crippen LogP contribution in [0.1, 0.15) is 52.5 Å². The van der Waals surface area contributed by atoms with Crippen LogP contribution < -0.4 is 5.32 Å². The minimum Gasteiger partial charge on any atom is -0.508 e. The maximum atomic E-state index is 15.2. The summed E-state index contributed by atoms with van der Waals surface area (Å²) in [6.07, 6.45) is 4.16. The molecule has 7 nitrogen and oxygen atoms in total. The van der Waals surface area contributed by atoms with Crippen molar-refractivity contribution >= 4 is 11.6 Å². The van der Waals surface area contributed by atoms with Gasteiger partial charge in [0.15, 0.2) is 0 Å². The summed E-state index contributed by atoms with van der Waals surface area (Å²) in [6, 6.07) is 2.52. The predicted molar refractivity (Wildman–Crippen MR) is 138 cm³/mol. The monoisotopic (exact) mass is 507 g/mol. The van der Waals surface area contributed by atoms with Crippen molar-refractivity contribution in [2.24, 2.45) is 23.7 Å². The number of hydrogen-bond donors (Lipinski definition) is 5. The van der Waals surface area contributed by atoms with Crippen LogP contribution in [0.25, 0.3) is 0 Å². The van der Waals surface area contributed by atoms with Crippen LogP contribution >= 0.6 is 0 Å². The Labute approximate surface area is 213 Å². The van der Waals surface area contributed by atoms with Crippen molar-refractivity contribution < 1.29 is 34.3 Å². The fourth-order valence-electron chi connectivity index (χ4n) is 5.16. The van der Waals surface area contributed by atoms with Gasteiger partial charge in [-0.2, -0.15) is 0 Å². The van der Waals surface area contributed by atoms with Crippen LogP contribution in [0.15, 0.2) is 35.4 Å². The standard InChI is InChI=1S/C28H42FNO6/c1-16-9-21-12-23(33)13-24(25(21)29)30-28(35)17(2)7-6-8-20(14-31)27(36-5)19(4)11-18(3)26(34)22(10-16)15-32/h7,11-13,16,18,20,22,26-27,31-34H,6,8-10,14-15H2,1-5H3,(H,30,35)/b17-7+,19-11+/t16-,18+,20-,22-,26-,27+/m1/s1. The van der Waals surface area contributed by atoms with Gasteiger partial charge in [0.2, 0.25) is 0 Å². The molecule has 0 saturated heterocycles. The largest absolute Gasteiger partial charge is 0.508 e. The molecule has 1 heterocycles. The Kier molecular flexibility index (Phi) is 11.6. The molecule has 1 aromatic carbocycles. The number of halogens is 1. The number of aromatic hydroxyl groups is 1. The Morgan fingerprint density at radius 3 is 2.42 bits per heavy atom. The first-order valence-corrected chi connectivity index (χ1v) is 12.6. The van der Waals surface area contributed by atoms with Gasteiger partial charge in [-0.3, -0.25) is 4.79 Å². The number of phenols is 1. The number of aliphatic hydroxyl groups is 3. The fraction of sp³-hybridized carbons (Fsp3) is 0.607. The lowest BCUT2D eigenvalue weighted by Crippen LogP contribution is -2.32. The number of allylic oxidation sites excluding steroid dienone is 1. The maximum Gasteiger partial charge on any atom is 0.251 e. The number of anilines is 1. The van der Waals surface area contributed by atoms with E-state index >= 15 is 4.39 Å². The molecule has 202 valence electrons. The van der Waals surface area contributed by atoms with Gasteiger partial charge in [0.05, 0.1) is 17.9 Å². The molecular formula is C28H42FNO6. The number of aliphatic hydroxyl groups excluding tert-OH is 3. The van der Waals surface area contributed by atoms with Crippen molar-refractivity contribution in [1.82, 2.24) is 0 Å². The van der Waals surface area contributed by atoms with E-state index in [4.69, 9.17) is 4.74 Å². The van der Waals surface area contributed by atoms with Crippen LogP contribution in [-0.2, 0) is 16.0 Å². The van der Waals surface area contributed by atoms with Gasteiger partial charge in [-0.25, -0.2) is 4.39 Å². The number of ether oxygens (including phenoxy) is 1. The molecule has 1 aromatic rings. The van der Waals surface area contributed by atoms with Crippen molar-refractivity contribution in [2.45, 2.75) is 65.6 Å². The number of phenolic OH excluding ortho intramolecular Hbond substituents is 1. The highest BCUT2D eigenvalue weighted by Crippen LogP contribution is 2.31. The Balaban J connectivity index is 2.48. The quantitative estimate of drug-likeness (QED) is 0.395. The SMILES string of the molecule is CO[C@H]1/C(C)=C/[C@H](C)[C@@H](O)[C@@H](CO)C[C@H](C)Cc2cc(O)cc(c2F)NC(=O)/C(C)=C/CC[C@@H]1CO. The molecule has 1 amide bonds. The van der Waals surface area contributed by atoms with Crippen LogP contribution in [0.3, 0.4) is 0 Å². The van der Waals surface area contributed by atoms with Gasteiger partial charge in [-0.05, 0) is 62.7 Å². The van der Waals surface area contributed by atoms with Gasteiger partial charge >= 0.3 is 0 Å². The van der Waals surface area contributed by atoms with E-state index in [-0.39, 0.29) is 60.5 Å². The Bertz CT molecular complexity index is 946. The van der Waals surface area contributed by atoms with Crippen molar-refractivity contribution in [1.29, 1.82) is 0 Å². The molecular weight excluding hydrogens is 465 g/mol. The van der Waals surface area contributed by atoms with Crippen molar-refractivity contribution in [3.8, 4) is 5.75 Å². The summed E-state index contributed by atoms with van der Waals surface area (Å²) in [5, 5.41) is 43.8. The van der Waals surface area contributed by atoms with Gasteiger partial charge < -0.3 is 30.5 Å². The molecule has 2 rings (SSSR count). The molecule has 1 aliphatic rings. The van der Waals surface area contributed by atoms with Gasteiger partial charge in [0.1, 0.15) is 11.6 Å². The highest BCUT2D eigenvalue weighted by atomic mass is 19.1. The molecule has 5 N–H and O–H groups in total. The number of carbonyl (C=O) groups is 1. The summed E-state index contributed by atoms with van der Waals surface area (Å²) < 4.78 is 20.9. The van der Waals surface area contributed by atoms with Gasteiger partial charge in [-0.1, -0.05) is 26.0 Å². The van der Waals surface area contributed by atoms with E-state index in [1.165, 1.54) is 12.1 Å². The second-order valence-corrected chi connectivity index (χ2v) is 10.2. The first-order valence-electron chi connectivity index (χ1n) is 12.6. The summed E-state index contributed by atoms with van der Waals surface area (Å²) in [6.45, 7) is 6.95. The lowest BCUT2D eigenvalue weighted by molar-refractivity contribution is -0.112. The minimum atomic E-state index is -0.839. The molecule has 0 radical (unpaired) electrons. The Hall–Kier alpha value is -2.26. The number of rotatable bonds is 3. The van der Waals surface area contributed by atoms with Crippen molar-refractivity contribution in [3.05, 3.63) is 46.8 Å². The van der Waals surface area contributed by atoms with Gasteiger partial charge in [0.25, 0.3) is 5.91 Å². The van der Waals surface area contributed by atoms with E-state index < -0.39 is 23.7 Å². The molecule has 2 bridgehead atoms. The van der Waals surface area contributed by atoms with E-state index in [1.807, 2.05) is 26.8 Å². The minimum absolute atomic E-state index is 0.104. The average Bonchev–Trinajstić information content (AvgIpc) is 2.83. The summed E-state index contributed by atoms with van der Waals surface area (Å²) in [5.74, 6) is -2.34. The Morgan fingerprint density at radius 2 is 1.81 bits per heavy atom.